The summed E-state index contributed by atoms with van der Waals surface area (Å²) < 4.78 is 11.4. The van der Waals surface area contributed by atoms with E-state index in [0.717, 1.165) is 4.47 Å². The van der Waals surface area contributed by atoms with Gasteiger partial charge in [0.15, 0.2) is 0 Å². The lowest BCUT2D eigenvalue weighted by atomic mass is 9.74. The highest BCUT2D eigenvalue weighted by Crippen LogP contribution is 2.45. The van der Waals surface area contributed by atoms with Crippen LogP contribution < -0.4 is 4.74 Å². The van der Waals surface area contributed by atoms with Gasteiger partial charge in [-0.2, -0.15) is 5.26 Å². The number of halogens is 1. The van der Waals surface area contributed by atoms with Crippen molar-refractivity contribution in [3.8, 4) is 11.8 Å². The molecule has 2 rings (SSSR count). The first kappa shape index (κ1) is 14.3. The molecule has 19 heavy (non-hydrogen) atoms. The van der Waals surface area contributed by atoms with E-state index < -0.39 is 11.5 Å². The van der Waals surface area contributed by atoms with E-state index in [0.29, 0.717) is 37.4 Å². The van der Waals surface area contributed by atoms with Gasteiger partial charge < -0.3 is 14.6 Å². The summed E-state index contributed by atoms with van der Waals surface area (Å²) in [5.41, 5.74) is -0.160. The Labute approximate surface area is 121 Å². The molecule has 1 unspecified atom stereocenters. The summed E-state index contributed by atoms with van der Waals surface area (Å²) in [4.78, 5) is 0. The van der Waals surface area contributed by atoms with Gasteiger partial charge in [-0.25, -0.2) is 0 Å². The van der Waals surface area contributed by atoms with Crippen molar-refractivity contribution in [3.05, 3.63) is 28.2 Å². The molecule has 1 aromatic carbocycles. The van der Waals surface area contributed by atoms with Crippen LogP contribution in [0.1, 0.15) is 24.5 Å². The molecule has 0 aromatic heterocycles. The number of nitrogens with zero attached hydrogens (tertiary/aromatic N) is 1. The first-order valence-electron chi connectivity index (χ1n) is 6.13. The number of rotatable bonds is 3. The maximum Gasteiger partial charge on any atom is 0.124 e. The molecule has 0 saturated carbocycles. The summed E-state index contributed by atoms with van der Waals surface area (Å²) >= 11 is 3.38. The van der Waals surface area contributed by atoms with Crippen molar-refractivity contribution >= 4 is 15.9 Å². The Morgan fingerprint density at radius 1 is 1.47 bits per heavy atom. The van der Waals surface area contributed by atoms with Crippen molar-refractivity contribution < 1.29 is 14.6 Å². The van der Waals surface area contributed by atoms with E-state index in [-0.39, 0.29) is 0 Å². The standard InChI is InChI=1S/C14H16BrNO3/c1-18-12-3-2-10(15)8-11(12)13(17)14(9-16)4-6-19-7-5-14/h2-3,8,13,17H,4-7H2,1H3. The number of methoxy groups -OCH3 is 1. The highest BCUT2D eigenvalue weighted by atomic mass is 79.9. The second kappa shape index (κ2) is 5.91. The first-order valence-corrected chi connectivity index (χ1v) is 6.93. The largest absolute Gasteiger partial charge is 0.496 e. The minimum absolute atomic E-state index is 0.501. The predicted molar refractivity (Wildman–Crippen MR) is 73.8 cm³/mol. The van der Waals surface area contributed by atoms with Crippen LogP contribution >= 0.6 is 15.9 Å². The van der Waals surface area contributed by atoms with Crippen molar-refractivity contribution in [2.24, 2.45) is 5.41 Å². The SMILES string of the molecule is COc1ccc(Br)cc1C(O)C1(C#N)CCOCC1. The monoisotopic (exact) mass is 325 g/mol. The van der Waals surface area contributed by atoms with Crippen LogP contribution in [0.4, 0.5) is 0 Å². The van der Waals surface area contributed by atoms with Crippen LogP contribution in [-0.2, 0) is 4.74 Å². The van der Waals surface area contributed by atoms with Gasteiger partial charge in [0.1, 0.15) is 11.9 Å². The fraction of sp³-hybridized carbons (Fsp3) is 0.500. The maximum atomic E-state index is 10.7. The summed E-state index contributed by atoms with van der Waals surface area (Å²) in [5.74, 6) is 0.594. The Hall–Kier alpha value is -1.09. The molecular formula is C14H16BrNO3. The quantitative estimate of drug-likeness (QED) is 0.928. The van der Waals surface area contributed by atoms with Crippen LogP contribution in [-0.4, -0.2) is 25.4 Å². The number of hydrogen-bond donors (Lipinski definition) is 1. The lowest BCUT2D eigenvalue weighted by Crippen LogP contribution is -2.34. The number of aliphatic hydroxyl groups excluding tert-OH is 1. The molecule has 1 atom stereocenters. The molecule has 5 heteroatoms. The lowest BCUT2D eigenvalue weighted by Gasteiger charge is -2.35. The summed E-state index contributed by atoms with van der Waals surface area (Å²) in [7, 11) is 1.56. The van der Waals surface area contributed by atoms with E-state index in [2.05, 4.69) is 22.0 Å². The third-order valence-electron chi connectivity index (χ3n) is 3.62. The van der Waals surface area contributed by atoms with E-state index in [1.54, 1.807) is 19.2 Å². The number of nitriles is 1. The summed E-state index contributed by atoms with van der Waals surface area (Å²) in [6.45, 7) is 1.00. The fourth-order valence-corrected chi connectivity index (χ4v) is 2.78. The molecule has 0 amide bonds. The zero-order chi connectivity index (χ0) is 13.9. The van der Waals surface area contributed by atoms with E-state index in [4.69, 9.17) is 9.47 Å². The van der Waals surface area contributed by atoms with E-state index in [9.17, 15) is 10.4 Å². The molecule has 4 nitrogen and oxygen atoms in total. The molecule has 1 fully saturated rings. The highest BCUT2D eigenvalue weighted by molar-refractivity contribution is 9.10. The average molecular weight is 326 g/mol. The van der Waals surface area contributed by atoms with Gasteiger partial charge in [-0.05, 0) is 31.0 Å². The van der Waals surface area contributed by atoms with Crippen molar-refractivity contribution in [1.29, 1.82) is 5.26 Å². The van der Waals surface area contributed by atoms with E-state index in [1.807, 2.05) is 6.07 Å². The van der Waals surface area contributed by atoms with E-state index in [1.165, 1.54) is 0 Å². The Bertz CT molecular complexity index is 492. The number of aliphatic hydroxyl groups is 1. The highest BCUT2D eigenvalue weighted by Gasteiger charge is 2.42. The van der Waals surface area contributed by atoms with Gasteiger partial charge in [-0.15, -0.1) is 0 Å². The third-order valence-corrected chi connectivity index (χ3v) is 4.11. The zero-order valence-corrected chi connectivity index (χ0v) is 12.3. The topological polar surface area (TPSA) is 62.5 Å². The fourth-order valence-electron chi connectivity index (χ4n) is 2.40. The number of hydrogen-bond acceptors (Lipinski definition) is 4. The Balaban J connectivity index is 2.39. The van der Waals surface area contributed by atoms with Crippen LogP contribution in [0.2, 0.25) is 0 Å². The third kappa shape index (κ3) is 2.76. The number of benzene rings is 1. The molecule has 1 aliphatic rings. The number of ether oxygens (including phenoxy) is 2. The van der Waals surface area contributed by atoms with Gasteiger partial charge in [0.2, 0.25) is 0 Å². The molecular weight excluding hydrogens is 310 g/mol. The van der Waals surface area contributed by atoms with Gasteiger partial charge in [0.05, 0.1) is 18.6 Å². The minimum atomic E-state index is -0.881. The molecule has 102 valence electrons. The van der Waals surface area contributed by atoms with Gasteiger partial charge in [0, 0.05) is 23.2 Å². The molecule has 0 spiro atoms. The molecule has 1 aliphatic heterocycles. The Kier molecular flexibility index (Phi) is 4.46. The summed E-state index contributed by atoms with van der Waals surface area (Å²) in [6, 6.07) is 7.72. The molecule has 1 heterocycles. The Morgan fingerprint density at radius 3 is 2.74 bits per heavy atom. The van der Waals surface area contributed by atoms with Crippen molar-refractivity contribution in [2.75, 3.05) is 20.3 Å². The van der Waals surface area contributed by atoms with Gasteiger partial charge in [-0.1, -0.05) is 15.9 Å². The average Bonchev–Trinajstić information content (AvgIpc) is 2.47. The Morgan fingerprint density at radius 2 is 2.16 bits per heavy atom. The molecule has 1 saturated heterocycles. The predicted octanol–water partition coefficient (Wildman–Crippen LogP) is 2.81. The molecule has 0 radical (unpaired) electrons. The van der Waals surface area contributed by atoms with Crippen LogP contribution in [0.3, 0.4) is 0 Å². The molecule has 1 N–H and O–H groups in total. The van der Waals surface area contributed by atoms with Gasteiger partial charge in [-0.3, -0.25) is 0 Å². The second-order valence-electron chi connectivity index (χ2n) is 4.67. The summed E-state index contributed by atoms with van der Waals surface area (Å²) in [6.07, 6.45) is 0.176. The van der Waals surface area contributed by atoms with Crippen molar-refractivity contribution in [3.63, 3.8) is 0 Å². The second-order valence-corrected chi connectivity index (χ2v) is 5.58. The molecule has 0 aliphatic carbocycles. The smallest absolute Gasteiger partial charge is 0.124 e. The first-order chi connectivity index (χ1) is 9.13. The zero-order valence-electron chi connectivity index (χ0n) is 10.7. The van der Waals surface area contributed by atoms with Crippen molar-refractivity contribution in [2.45, 2.75) is 18.9 Å². The van der Waals surface area contributed by atoms with Crippen LogP contribution in [0.25, 0.3) is 0 Å². The van der Waals surface area contributed by atoms with Gasteiger partial charge in [0.25, 0.3) is 0 Å². The van der Waals surface area contributed by atoms with Crippen LogP contribution in [0.5, 0.6) is 5.75 Å². The normalized spacial score (nSPS) is 19.5. The van der Waals surface area contributed by atoms with Gasteiger partial charge >= 0.3 is 0 Å². The van der Waals surface area contributed by atoms with Crippen LogP contribution in [0.15, 0.2) is 22.7 Å². The van der Waals surface area contributed by atoms with E-state index >= 15 is 0 Å². The maximum absolute atomic E-state index is 10.7. The van der Waals surface area contributed by atoms with Crippen molar-refractivity contribution in [1.82, 2.24) is 0 Å². The lowest BCUT2D eigenvalue weighted by molar-refractivity contribution is -0.0317. The summed E-state index contributed by atoms with van der Waals surface area (Å²) in [5, 5.41) is 20.1. The molecule has 1 aromatic rings. The minimum Gasteiger partial charge on any atom is -0.496 e. The molecule has 0 bridgehead atoms. The van der Waals surface area contributed by atoms with Crippen LogP contribution in [0, 0.1) is 16.7 Å².